The van der Waals surface area contributed by atoms with E-state index in [4.69, 9.17) is 9.47 Å². The average Bonchev–Trinajstić information content (AvgIpc) is 2.37. The zero-order valence-corrected chi connectivity index (χ0v) is 12.0. The van der Waals surface area contributed by atoms with Crippen LogP contribution in [-0.2, 0) is 14.3 Å². The van der Waals surface area contributed by atoms with E-state index in [9.17, 15) is 4.79 Å². The molecule has 0 aromatic heterocycles. The first-order valence-electron chi connectivity index (χ1n) is 7.23. The fourth-order valence-corrected chi connectivity index (χ4v) is 1.60. The predicted octanol–water partition coefficient (Wildman–Crippen LogP) is 2.52. The zero-order chi connectivity index (χ0) is 13.5. The Hall–Kier alpha value is -0.610. The molecular weight excluding hydrogens is 230 g/mol. The molecule has 0 aromatic carbocycles. The first-order chi connectivity index (χ1) is 8.81. The van der Waals surface area contributed by atoms with Gasteiger partial charge in [0.15, 0.2) is 0 Å². The van der Waals surface area contributed by atoms with E-state index in [2.05, 4.69) is 12.2 Å². The van der Waals surface area contributed by atoms with Gasteiger partial charge in [-0.15, -0.1) is 0 Å². The molecule has 0 saturated heterocycles. The van der Waals surface area contributed by atoms with Crippen molar-refractivity contribution in [3.8, 4) is 0 Å². The summed E-state index contributed by atoms with van der Waals surface area (Å²) in [5, 5.41) is 2.86. The highest BCUT2D eigenvalue weighted by Crippen LogP contribution is 2.04. The van der Waals surface area contributed by atoms with Gasteiger partial charge in [-0.2, -0.15) is 0 Å². The lowest BCUT2D eigenvalue weighted by molar-refractivity contribution is -0.121. The van der Waals surface area contributed by atoms with Crippen LogP contribution in [0.3, 0.4) is 0 Å². The van der Waals surface area contributed by atoms with Crippen molar-refractivity contribution in [1.29, 1.82) is 0 Å². The monoisotopic (exact) mass is 259 g/mol. The first-order valence-corrected chi connectivity index (χ1v) is 7.23. The van der Waals surface area contributed by atoms with E-state index in [-0.39, 0.29) is 5.91 Å². The maximum Gasteiger partial charge on any atom is 0.220 e. The molecule has 0 fully saturated rings. The Balaban J connectivity index is 3.12. The highest BCUT2D eigenvalue weighted by molar-refractivity contribution is 5.75. The molecule has 0 aliphatic rings. The first kappa shape index (κ1) is 17.4. The van der Waals surface area contributed by atoms with Gasteiger partial charge < -0.3 is 14.8 Å². The second kappa shape index (κ2) is 14.5. The van der Waals surface area contributed by atoms with E-state index in [0.717, 1.165) is 19.4 Å². The molecule has 0 saturated carbocycles. The molecule has 108 valence electrons. The minimum Gasteiger partial charge on any atom is -0.379 e. The lowest BCUT2D eigenvalue weighted by atomic mass is 10.1. The molecule has 4 nitrogen and oxygen atoms in total. The summed E-state index contributed by atoms with van der Waals surface area (Å²) in [6.45, 7) is 7.26. The molecule has 0 spiro atoms. The molecule has 1 N–H and O–H groups in total. The summed E-state index contributed by atoms with van der Waals surface area (Å²) in [6.07, 6.45) is 6.55. The fourth-order valence-electron chi connectivity index (χ4n) is 1.60. The number of hydrogen-bond acceptors (Lipinski definition) is 3. The van der Waals surface area contributed by atoms with Gasteiger partial charge in [0.1, 0.15) is 0 Å². The van der Waals surface area contributed by atoms with Crippen LogP contribution in [0.1, 0.15) is 52.4 Å². The quantitative estimate of drug-likeness (QED) is 0.517. The van der Waals surface area contributed by atoms with E-state index in [1.807, 2.05) is 6.92 Å². The second-order valence-electron chi connectivity index (χ2n) is 4.32. The van der Waals surface area contributed by atoms with Crippen LogP contribution in [0.4, 0.5) is 0 Å². The number of rotatable bonds is 13. The molecule has 0 aliphatic carbocycles. The molecule has 0 unspecified atom stereocenters. The SMILES string of the molecule is CCCCCCCC(=O)NCCOCCOCC. The van der Waals surface area contributed by atoms with Crippen molar-refractivity contribution in [2.24, 2.45) is 0 Å². The number of unbranched alkanes of at least 4 members (excludes halogenated alkanes) is 4. The molecule has 0 atom stereocenters. The summed E-state index contributed by atoms with van der Waals surface area (Å²) >= 11 is 0. The van der Waals surface area contributed by atoms with Gasteiger partial charge in [0.2, 0.25) is 5.91 Å². The van der Waals surface area contributed by atoms with Crippen molar-refractivity contribution >= 4 is 5.91 Å². The maximum atomic E-state index is 11.4. The second-order valence-corrected chi connectivity index (χ2v) is 4.32. The van der Waals surface area contributed by atoms with Crippen molar-refractivity contribution in [1.82, 2.24) is 5.32 Å². The molecule has 4 heteroatoms. The smallest absolute Gasteiger partial charge is 0.220 e. The lowest BCUT2D eigenvalue weighted by Gasteiger charge is -2.06. The minimum atomic E-state index is 0.139. The Morgan fingerprint density at radius 3 is 2.39 bits per heavy atom. The van der Waals surface area contributed by atoms with E-state index in [1.54, 1.807) is 0 Å². The van der Waals surface area contributed by atoms with Crippen molar-refractivity contribution in [3.63, 3.8) is 0 Å². The van der Waals surface area contributed by atoms with Gasteiger partial charge in [-0.3, -0.25) is 4.79 Å². The summed E-state index contributed by atoms with van der Waals surface area (Å²) in [5.41, 5.74) is 0. The molecule has 18 heavy (non-hydrogen) atoms. The highest BCUT2D eigenvalue weighted by Gasteiger charge is 1.99. The highest BCUT2D eigenvalue weighted by atomic mass is 16.5. The summed E-state index contributed by atoms with van der Waals surface area (Å²) in [4.78, 5) is 11.4. The summed E-state index contributed by atoms with van der Waals surface area (Å²) in [5.74, 6) is 0.139. The van der Waals surface area contributed by atoms with Crippen LogP contribution in [0.25, 0.3) is 0 Å². The summed E-state index contributed by atoms with van der Waals surface area (Å²) < 4.78 is 10.4. The molecular formula is C14H29NO3. The van der Waals surface area contributed by atoms with E-state index >= 15 is 0 Å². The molecule has 0 heterocycles. The largest absolute Gasteiger partial charge is 0.379 e. The minimum absolute atomic E-state index is 0.139. The average molecular weight is 259 g/mol. The molecule has 0 aliphatic heterocycles. The molecule has 0 radical (unpaired) electrons. The van der Waals surface area contributed by atoms with Gasteiger partial charge in [0, 0.05) is 19.6 Å². The van der Waals surface area contributed by atoms with Crippen LogP contribution >= 0.6 is 0 Å². The van der Waals surface area contributed by atoms with Gasteiger partial charge >= 0.3 is 0 Å². The third-order valence-electron chi connectivity index (χ3n) is 2.65. The summed E-state index contributed by atoms with van der Waals surface area (Å²) in [6, 6.07) is 0. The zero-order valence-electron chi connectivity index (χ0n) is 12.0. The Morgan fingerprint density at radius 1 is 0.944 bits per heavy atom. The van der Waals surface area contributed by atoms with Crippen LogP contribution in [0.2, 0.25) is 0 Å². The van der Waals surface area contributed by atoms with Crippen molar-refractivity contribution < 1.29 is 14.3 Å². The lowest BCUT2D eigenvalue weighted by Crippen LogP contribution is -2.27. The van der Waals surface area contributed by atoms with E-state index < -0.39 is 0 Å². The fraction of sp³-hybridized carbons (Fsp3) is 0.929. The number of amides is 1. The Kier molecular flexibility index (Phi) is 14.0. The normalized spacial score (nSPS) is 10.6. The summed E-state index contributed by atoms with van der Waals surface area (Å²) in [7, 11) is 0. The maximum absolute atomic E-state index is 11.4. The molecule has 0 bridgehead atoms. The van der Waals surface area contributed by atoms with Gasteiger partial charge in [0.25, 0.3) is 0 Å². The molecule has 1 amide bonds. The predicted molar refractivity (Wildman–Crippen MR) is 73.7 cm³/mol. The van der Waals surface area contributed by atoms with E-state index in [0.29, 0.717) is 32.8 Å². The number of carbonyl (C=O) groups excluding carboxylic acids is 1. The number of ether oxygens (including phenoxy) is 2. The van der Waals surface area contributed by atoms with Crippen molar-refractivity contribution in [2.45, 2.75) is 52.4 Å². The number of hydrogen-bond donors (Lipinski definition) is 1. The van der Waals surface area contributed by atoms with Gasteiger partial charge in [-0.25, -0.2) is 0 Å². The van der Waals surface area contributed by atoms with Crippen molar-refractivity contribution in [3.05, 3.63) is 0 Å². The van der Waals surface area contributed by atoms with Crippen LogP contribution in [0.15, 0.2) is 0 Å². The third-order valence-corrected chi connectivity index (χ3v) is 2.65. The van der Waals surface area contributed by atoms with Crippen molar-refractivity contribution in [2.75, 3.05) is 33.0 Å². The van der Waals surface area contributed by atoms with Crippen LogP contribution in [-0.4, -0.2) is 38.9 Å². The number of carbonyl (C=O) groups is 1. The Labute approximate surface area is 111 Å². The van der Waals surface area contributed by atoms with Gasteiger partial charge in [0.05, 0.1) is 19.8 Å². The molecule has 0 aromatic rings. The third kappa shape index (κ3) is 13.5. The van der Waals surface area contributed by atoms with Gasteiger partial charge in [-0.05, 0) is 13.3 Å². The van der Waals surface area contributed by atoms with Gasteiger partial charge in [-0.1, -0.05) is 32.6 Å². The Bertz CT molecular complexity index is 186. The topological polar surface area (TPSA) is 47.6 Å². The number of nitrogens with one attached hydrogen (secondary N) is 1. The van der Waals surface area contributed by atoms with E-state index in [1.165, 1.54) is 19.3 Å². The van der Waals surface area contributed by atoms with Crippen LogP contribution in [0.5, 0.6) is 0 Å². The standard InChI is InChI=1S/C14H29NO3/c1-3-5-6-7-8-9-14(16)15-10-11-18-13-12-17-4-2/h3-13H2,1-2H3,(H,15,16). The van der Waals surface area contributed by atoms with Crippen LogP contribution < -0.4 is 5.32 Å². The van der Waals surface area contributed by atoms with Crippen LogP contribution in [0, 0.1) is 0 Å². The Morgan fingerprint density at radius 2 is 1.67 bits per heavy atom. The molecule has 0 rings (SSSR count).